The van der Waals surface area contributed by atoms with Gasteiger partial charge in [-0.05, 0) is 36.8 Å². The molecule has 1 amide bonds. The second-order valence-electron chi connectivity index (χ2n) is 5.46. The number of H-pyrrole nitrogens is 1. The fourth-order valence-electron chi connectivity index (χ4n) is 2.66. The predicted molar refractivity (Wildman–Crippen MR) is 92.7 cm³/mol. The molecule has 0 fully saturated rings. The first-order valence-corrected chi connectivity index (χ1v) is 8.10. The molecule has 118 valence electrons. The summed E-state index contributed by atoms with van der Waals surface area (Å²) in [6.07, 6.45) is 0.269. The average molecular weight is 375 g/mol. The number of hydrogen-bond acceptors (Lipinski definition) is 1. The SMILES string of the molecule is Cc1[nH]c2ccccc2c1CC(=O)NCc1cc(Br)ccc1F. The van der Waals surface area contributed by atoms with Crippen LogP contribution in [0.25, 0.3) is 10.9 Å². The summed E-state index contributed by atoms with van der Waals surface area (Å²) in [6.45, 7) is 2.13. The maximum Gasteiger partial charge on any atom is 0.224 e. The molecule has 0 atom stereocenters. The number of hydrogen-bond donors (Lipinski definition) is 2. The van der Waals surface area contributed by atoms with Crippen LogP contribution in [0.3, 0.4) is 0 Å². The van der Waals surface area contributed by atoms with Crippen LogP contribution >= 0.6 is 15.9 Å². The van der Waals surface area contributed by atoms with E-state index < -0.39 is 0 Å². The van der Waals surface area contributed by atoms with E-state index in [2.05, 4.69) is 26.2 Å². The number of benzene rings is 2. The van der Waals surface area contributed by atoms with Gasteiger partial charge in [-0.1, -0.05) is 34.1 Å². The van der Waals surface area contributed by atoms with Crippen LogP contribution in [0.2, 0.25) is 0 Å². The van der Waals surface area contributed by atoms with Crippen molar-refractivity contribution in [3.8, 4) is 0 Å². The Balaban J connectivity index is 1.72. The lowest BCUT2D eigenvalue weighted by Gasteiger charge is -2.07. The molecule has 0 unspecified atom stereocenters. The summed E-state index contributed by atoms with van der Waals surface area (Å²) in [5.74, 6) is -0.450. The summed E-state index contributed by atoms with van der Waals surface area (Å²) < 4.78 is 14.5. The third-order valence-corrected chi connectivity index (χ3v) is 4.34. The highest BCUT2D eigenvalue weighted by Crippen LogP contribution is 2.22. The summed E-state index contributed by atoms with van der Waals surface area (Å²) in [6, 6.07) is 12.6. The first kappa shape index (κ1) is 15.7. The lowest BCUT2D eigenvalue weighted by Crippen LogP contribution is -2.25. The molecule has 3 rings (SSSR count). The van der Waals surface area contributed by atoms with Crippen LogP contribution in [-0.2, 0) is 17.8 Å². The van der Waals surface area contributed by atoms with Crippen LogP contribution < -0.4 is 5.32 Å². The number of aromatic amines is 1. The molecular formula is C18H16BrFN2O. The number of carbonyl (C=O) groups is 1. The number of nitrogens with one attached hydrogen (secondary N) is 2. The highest BCUT2D eigenvalue weighted by atomic mass is 79.9. The highest BCUT2D eigenvalue weighted by molar-refractivity contribution is 9.10. The second-order valence-corrected chi connectivity index (χ2v) is 6.38. The molecule has 2 aromatic carbocycles. The quantitative estimate of drug-likeness (QED) is 0.704. The smallest absolute Gasteiger partial charge is 0.224 e. The fraction of sp³-hybridized carbons (Fsp3) is 0.167. The zero-order chi connectivity index (χ0) is 16.4. The molecule has 3 aromatic rings. The van der Waals surface area contributed by atoms with Crippen molar-refractivity contribution >= 4 is 32.7 Å². The van der Waals surface area contributed by atoms with Gasteiger partial charge in [-0.25, -0.2) is 4.39 Å². The van der Waals surface area contributed by atoms with Crippen LogP contribution in [0.4, 0.5) is 4.39 Å². The van der Waals surface area contributed by atoms with Crippen molar-refractivity contribution in [1.82, 2.24) is 10.3 Å². The van der Waals surface area contributed by atoms with E-state index in [-0.39, 0.29) is 24.7 Å². The molecular weight excluding hydrogens is 359 g/mol. The van der Waals surface area contributed by atoms with Gasteiger partial charge in [-0.3, -0.25) is 4.79 Å². The minimum atomic E-state index is -0.322. The third kappa shape index (κ3) is 3.45. The number of aryl methyl sites for hydroxylation is 1. The minimum Gasteiger partial charge on any atom is -0.358 e. The Bertz CT molecular complexity index is 873. The van der Waals surface area contributed by atoms with E-state index in [1.165, 1.54) is 6.07 Å². The van der Waals surface area contributed by atoms with E-state index in [1.807, 2.05) is 31.2 Å². The number of halogens is 2. The van der Waals surface area contributed by atoms with Crippen molar-refractivity contribution in [3.63, 3.8) is 0 Å². The Labute approximate surface area is 142 Å². The summed E-state index contributed by atoms with van der Waals surface area (Å²) in [4.78, 5) is 15.5. The molecule has 0 saturated carbocycles. The van der Waals surface area contributed by atoms with Crippen LogP contribution in [0.15, 0.2) is 46.9 Å². The molecule has 0 radical (unpaired) electrons. The van der Waals surface area contributed by atoms with Crippen molar-refractivity contribution < 1.29 is 9.18 Å². The van der Waals surface area contributed by atoms with E-state index >= 15 is 0 Å². The van der Waals surface area contributed by atoms with E-state index in [4.69, 9.17) is 0 Å². The largest absolute Gasteiger partial charge is 0.358 e. The maximum absolute atomic E-state index is 13.7. The summed E-state index contributed by atoms with van der Waals surface area (Å²) >= 11 is 3.31. The average Bonchev–Trinajstić information content (AvgIpc) is 2.84. The molecule has 0 aliphatic heterocycles. The summed E-state index contributed by atoms with van der Waals surface area (Å²) in [5.41, 5.74) is 3.44. The summed E-state index contributed by atoms with van der Waals surface area (Å²) in [7, 11) is 0. The number of para-hydroxylation sites is 1. The van der Waals surface area contributed by atoms with Gasteiger partial charge in [-0.2, -0.15) is 0 Å². The second kappa shape index (κ2) is 6.54. The van der Waals surface area contributed by atoms with Gasteiger partial charge in [0, 0.05) is 33.2 Å². The van der Waals surface area contributed by atoms with Gasteiger partial charge in [0.2, 0.25) is 5.91 Å². The van der Waals surface area contributed by atoms with Gasteiger partial charge < -0.3 is 10.3 Å². The van der Waals surface area contributed by atoms with Gasteiger partial charge in [0.25, 0.3) is 0 Å². The third-order valence-electron chi connectivity index (χ3n) is 3.85. The molecule has 0 aliphatic rings. The first-order chi connectivity index (χ1) is 11.0. The summed E-state index contributed by atoms with van der Waals surface area (Å²) in [5, 5.41) is 3.83. The maximum atomic E-state index is 13.7. The predicted octanol–water partition coefficient (Wildman–Crippen LogP) is 4.24. The van der Waals surface area contributed by atoms with Crippen molar-refractivity contribution in [2.24, 2.45) is 0 Å². The standard InChI is InChI=1S/C18H16BrFN2O/c1-11-15(14-4-2-3-5-17(14)22-11)9-18(23)21-10-12-8-13(19)6-7-16(12)20/h2-8,22H,9-10H2,1H3,(H,21,23). The lowest BCUT2D eigenvalue weighted by molar-refractivity contribution is -0.120. The van der Waals surface area contributed by atoms with Crippen LogP contribution in [0.1, 0.15) is 16.8 Å². The normalized spacial score (nSPS) is 10.9. The number of rotatable bonds is 4. The Morgan fingerprint density at radius 3 is 2.87 bits per heavy atom. The van der Waals surface area contributed by atoms with Gasteiger partial charge in [0.1, 0.15) is 5.82 Å². The Morgan fingerprint density at radius 1 is 1.26 bits per heavy atom. The molecule has 3 nitrogen and oxygen atoms in total. The molecule has 23 heavy (non-hydrogen) atoms. The zero-order valence-electron chi connectivity index (χ0n) is 12.6. The number of fused-ring (bicyclic) bond motifs is 1. The van der Waals surface area contributed by atoms with Crippen LogP contribution in [-0.4, -0.2) is 10.9 Å². The molecule has 1 heterocycles. The Morgan fingerprint density at radius 2 is 2.04 bits per heavy atom. The molecule has 5 heteroatoms. The van der Waals surface area contributed by atoms with Gasteiger partial charge in [-0.15, -0.1) is 0 Å². The van der Waals surface area contributed by atoms with Crippen LogP contribution in [0.5, 0.6) is 0 Å². The molecule has 0 spiro atoms. The van der Waals surface area contributed by atoms with E-state index in [1.54, 1.807) is 12.1 Å². The number of aromatic nitrogens is 1. The number of amides is 1. The monoisotopic (exact) mass is 374 g/mol. The van der Waals surface area contributed by atoms with Crippen LogP contribution in [0, 0.1) is 12.7 Å². The van der Waals surface area contributed by atoms with Gasteiger partial charge in [0.15, 0.2) is 0 Å². The fourth-order valence-corrected chi connectivity index (χ4v) is 3.07. The van der Waals surface area contributed by atoms with Crippen molar-refractivity contribution in [1.29, 1.82) is 0 Å². The minimum absolute atomic E-state index is 0.128. The van der Waals surface area contributed by atoms with Gasteiger partial charge in [0.05, 0.1) is 6.42 Å². The first-order valence-electron chi connectivity index (χ1n) is 7.31. The number of carbonyl (C=O) groups excluding carboxylic acids is 1. The topological polar surface area (TPSA) is 44.9 Å². The van der Waals surface area contributed by atoms with E-state index in [0.29, 0.717) is 5.56 Å². The van der Waals surface area contributed by atoms with Gasteiger partial charge >= 0.3 is 0 Å². The molecule has 0 aliphatic carbocycles. The lowest BCUT2D eigenvalue weighted by atomic mass is 10.1. The van der Waals surface area contributed by atoms with Crippen molar-refractivity contribution in [3.05, 3.63) is 69.6 Å². The molecule has 2 N–H and O–H groups in total. The molecule has 1 aromatic heterocycles. The molecule has 0 saturated heterocycles. The van der Waals surface area contributed by atoms with E-state index in [9.17, 15) is 9.18 Å². The highest BCUT2D eigenvalue weighted by Gasteiger charge is 2.12. The van der Waals surface area contributed by atoms with Crippen molar-refractivity contribution in [2.75, 3.05) is 0 Å². The zero-order valence-corrected chi connectivity index (χ0v) is 14.2. The van der Waals surface area contributed by atoms with E-state index in [0.717, 1.165) is 26.6 Å². The molecule has 0 bridgehead atoms. The Kier molecular flexibility index (Phi) is 4.48. The Hall–Kier alpha value is -2.14. The van der Waals surface area contributed by atoms with Crippen molar-refractivity contribution in [2.45, 2.75) is 19.9 Å².